The molecule has 2 heterocycles. The first-order chi connectivity index (χ1) is 17.3. The highest BCUT2D eigenvalue weighted by molar-refractivity contribution is 7.09. The molecular weight excluding hydrogens is 474 g/mol. The molecule has 188 valence electrons. The van der Waals surface area contributed by atoms with Crippen LogP contribution in [-0.4, -0.2) is 44.4 Å². The maximum absolute atomic E-state index is 13.9. The summed E-state index contributed by atoms with van der Waals surface area (Å²) in [6, 6.07) is 17.8. The third-order valence-corrected chi connectivity index (χ3v) is 7.13. The van der Waals surface area contributed by atoms with Gasteiger partial charge in [0.1, 0.15) is 23.9 Å². The fourth-order valence-electron chi connectivity index (χ4n) is 3.90. The molecule has 0 spiro atoms. The molecule has 9 heteroatoms. The van der Waals surface area contributed by atoms with Crippen LogP contribution < -0.4 is 10.1 Å². The maximum Gasteiger partial charge on any atom is 0.247 e. The van der Waals surface area contributed by atoms with E-state index in [4.69, 9.17) is 4.74 Å². The lowest BCUT2D eigenvalue weighted by Crippen LogP contribution is -2.50. The van der Waals surface area contributed by atoms with E-state index in [1.807, 2.05) is 74.7 Å². The molecule has 0 radical (unpaired) electrons. The maximum atomic E-state index is 13.9. The molecule has 0 unspecified atom stereocenters. The first kappa shape index (κ1) is 25.4. The zero-order valence-corrected chi connectivity index (χ0v) is 21.8. The summed E-state index contributed by atoms with van der Waals surface area (Å²) in [4.78, 5) is 30.3. The molecule has 1 atom stereocenters. The van der Waals surface area contributed by atoms with Crippen LogP contribution >= 0.6 is 11.3 Å². The van der Waals surface area contributed by atoms with Gasteiger partial charge in [-0.2, -0.15) is 0 Å². The van der Waals surface area contributed by atoms with E-state index in [1.165, 1.54) is 0 Å². The highest BCUT2D eigenvalue weighted by Gasteiger charge is 2.34. The van der Waals surface area contributed by atoms with E-state index in [9.17, 15) is 9.59 Å². The van der Waals surface area contributed by atoms with Gasteiger partial charge in [-0.25, -0.2) is 4.68 Å². The first-order valence-electron chi connectivity index (χ1n) is 11.9. The zero-order chi connectivity index (χ0) is 25.7. The number of carbonyl (C=O) groups excluding carboxylic acids is 2. The number of methoxy groups -OCH3 is 1. The Morgan fingerprint density at radius 2 is 1.86 bits per heavy atom. The van der Waals surface area contributed by atoms with Crippen molar-refractivity contribution >= 4 is 34.2 Å². The van der Waals surface area contributed by atoms with Crippen LogP contribution in [0.1, 0.15) is 43.7 Å². The van der Waals surface area contributed by atoms with Gasteiger partial charge in [-0.3, -0.25) is 9.59 Å². The highest BCUT2D eigenvalue weighted by Crippen LogP contribution is 2.28. The van der Waals surface area contributed by atoms with Crippen molar-refractivity contribution in [3.05, 3.63) is 76.5 Å². The Morgan fingerprint density at radius 1 is 1.11 bits per heavy atom. The second-order valence-corrected chi connectivity index (χ2v) is 10.3. The number of hydrogen-bond donors (Lipinski definition) is 1. The lowest BCUT2D eigenvalue weighted by atomic mass is 9.98. The van der Waals surface area contributed by atoms with Gasteiger partial charge in [0.15, 0.2) is 0 Å². The van der Waals surface area contributed by atoms with Crippen LogP contribution in [0, 0.1) is 0 Å². The molecule has 0 saturated carbocycles. The Hall–Kier alpha value is -3.72. The molecule has 2 aromatic carbocycles. The lowest BCUT2D eigenvalue weighted by molar-refractivity contribution is -0.142. The molecule has 0 aliphatic heterocycles. The monoisotopic (exact) mass is 505 g/mol. The fourth-order valence-corrected chi connectivity index (χ4v) is 4.60. The quantitative estimate of drug-likeness (QED) is 0.341. The van der Waals surface area contributed by atoms with E-state index >= 15 is 0 Å². The Balaban J connectivity index is 1.74. The number of fused-ring (bicyclic) bond motifs is 1. The third-order valence-electron chi connectivity index (χ3n) is 6.27. The predicted octanol–water partition coefficient (Wildman–Crippen LogP) is 4.58. The average molecular weight is 506 g/mol. The molecule has 0 aliphatic rings. The smallest absolute Gasteiger partial charge is 0.247 e. The molecule has 2 amide bonds. The molecule has 8 nitrogen and oxygen atoms in total. The van der Waals surface area contributed by atoms with Gasteiger partial charge in [0.05, 0.1) is 19.2 Å². The number of aromatic nitrogens is 3. The molecule has 0 aliphatic carbocycles. The van der Waals surface area contributed by atoms with Gasteiger partial charge >= 0.3 is 0 Å². The second-order valence-electron chi connectivity index (χ2n) is 9.24. The average Bonchev–Trinajstić information content (AvgIpc) is 3.54. The van der Waals surface area contributed by atoms with Gasteiger partial charge in [-0.05, 0) is 61.5 Å². The van der Waals surface area contributed by atoms with Gasteiger partial charge in [0.2, 0.25) is 11.8 Å². The predicted molar refractivity (Wildman–Crippen MR) is 141 cm³/mol. The van der Waals surface area contributed by atoms with Crippen molar-refractivity contribution in [1.82, 2.24) is 25.2 Å². The minimum atomic E-state index is -0.842. The molecule has 36 heavy (non-hydrogen) atoms. The second kappa shape index (κ2) is 10.9. The normalized spacial score (nSPS) is 12.3. The summed E-state index contributed by atoms with van der Waals surface area (Å²) < 4.78 is 6.90. The molecule has 4 aromatic rings. The van der Waals surface area contributed by atoms with E-state index in [-0.39, 0.29) is 18.4 Å². The van der Waals surface area contributed by atoms with Crippen LogP contribution in [0.25, 0.3) is 11.0 Å². The van der Waals surface area contributed by atoms with Crippen molar-refractivity contribution in [3.63, 3.8) is 0 Å². The summed E-state index contributed by atoms with van der Waals surface area (Å²) in [6.45, 7) is 6.22. The number of amides is 2. The summed E-state index contributed by atoms with van der Waals surface area (Å²) in [5, 5.41) is 13.5. The number of hydrogen-bond acceptors (Lipinski definition) is 6. The summed E-state index contributed by atoms with van der Waals surface area (Å²) in [5.74, 6) is 0.210. The van der Waals surface area contributed by atoms with Crippen molar-refractivity contribution in [3.8, 4) is 5.75 Å². The Bertz CT molecular complexity index is 1310. The van der Waals surface area contributed by atoms with Gasteiger partial charge < -0.3 is 15.0 Å². The molecule has 0 bridgehead atoms. The van der Waals surface area contributed by atoms with Crippen molar-refractivity contribution in [2.75, 3.05) is 7.11 Å². The number of nitrogens with zero attached hydrogens (tertiary/aromatic N) is 4. The van der Waals surface area contributed by atoms with Gasteiger partial charge in [-0.15, -0.1) is 16.4 Å². The summed E-state index contributed by atoms with van der Waals surface area (Å²) in [7, 11) is 1.60. The van der Waals surface area contributed by atoms with Crippen molar-refractivity contribution in [1.29, 1.82) is 0 Å². The molecule has 0 fully saturated rings. The highest BCUT2D eigenvalue weighted by atomic mass is 32.1. The van der Waals surface area contributed by atoms with E-state index in [1.54, 1.807) is 40.2 Å². The third kappa shape index (κ3) is 5.73. The number of nitrogens with one attached hydrogen (secondary N) is 1. The number of ether oxygens (including phenoxy) is 1. The van der Waals surface area contributed by atoms with E-state index < -0.39 is 11.6 Å². The Labute approximate surface area is 214 Å². The van der Waals surface area contributed by atoms with Gasteiger partial charge in [0.25, 0.3) is 0 Å². The molecule has 0 saturated heterocycles. The van der Waals surface area contributed by atoms with Crippen LogP contribution in [0.3, 0.4) is 0 Å². The van der Waals surface area contributed by atoms with Gasteiger partial charge in [0, 0.05) is 10.4 Å². The van der Waals surface area contributed by atoms with Crippen molar-refractivity contribution in [2.45, 2.75) is 51.9 Å². The topological polar surface area (TPSA) is 89.4 Å². The van der Waals surface area contributed by atoms with E-state index in [0.29, 0.717) is 23.4 Å². The Morgan fingerprint density at radius 3 is 2.53 bits per heavy atom. The number of carbonyl (C=O) groups is 2. The standard InChI is InChI=1S/C27H31N5O3S/c1-5-27(2,3)28-26(34)25(19-12-14-20(35-4)15-13-19)31(17-21-9-8-16-36-21)24(33)18-32-23-11-7-6-10-22(23)29-30-32/h6-16,25H,5,17-18H2,1-4H3,(H,28,34)/t25-/m1/s1. The van der Waals surface area contributed by atoms with E-state index in [0.717, 1.165) is 16.8 Å². The minimum Gasteiger partial charge on any atom is -0.497 e. The number of rotatable bonds is 10. The summed E-state index contributed by atoms with van der Waals surface area (Å²) in [6.07, 6.45) is 0.748. The fraction of sp³-hybridized carbons (Fsp3) is 0.333. The van der Waals surface area contributed by atoms with Crippen molar-refractivity contribution < 1.29 is 14.3 Å². The lowest BCUT2D eigenvalue weighted by Gasteiger charge is -2.34. The Kier molecular flexibility index (Phi) is 7.69. The number of para-hydroxylation sites is 1. The largest absolute Gasteiger partial charge is 0.497 e. The molecule has 1 N–H and O–H groups in total. The molecule has 4 rings (SSSR count). The molecular formula is C27H31N5O3S. The van der Waals surface area contributed by atoms with Crippen molar-refractivity contribution in [2.24, 2.45) is 0 Å². The van der Waals surface area contributed by atoms with Gasteiger partial charge in [-0.1, -0.05) is 42.5 Å². The first-order valence-corrected chi connectivity index (χ1v) is 12.8. The SMILES string of the molecule is CCC(C)(C)NC(=O)[C@@H](c1ccc(OC)cc1)N(Cc1cccs1)C(=O)Cn1nnc2ccccc21. The number of benzene rings is 2. The van der Waals surface area contributed by atoms with Crippen LogP contribution in [-0.2, 0) is 22.7 Å². The minimum absolute atomic E-state index is 0.0387. The van der Waals surface area contributed by atoms with Crippen LogP contribution in [0.5, 0.6) is 5.75 Å². The summed E-state index contributed by atoms with van der Waals surface area (Å²) >= 11 is 1.55. The van der Waals surface area contributed by atoms with Crippen LogP contribution in [0.15, 0.2) is 66.0 Å². The van der Waals surface area contributed by atoms with Crippen LogP contribution in [0.4, 0.5) is 0 Å². The summed E-state index contributed by atoms with van der Waals surface area (Å²) in [5.41, 5.74) is 1.75. The van der Waals surface area contributed by atoms with Crippen LogP contribution in [0.2, 0.25) is 0 Å². The molecule has 2 aromatic heterocycles. The van der Waals surface area contributed by atoms with E-state index in [2.05, 4.69) is 15.6 Å². The number of thiophene rings is 1. The zero-order valence-electron chi connectivity index (χ0n) is 21.0.